The van der Waals surface area contributed by atoms with Gasteiger partial charge in [-0.25, -0.2) is 0 Å². The first-order chi connectivity index (χ1) is 12.1. The summed E-state index contributed by atoms with van der Waals surface area (Å²) < 4.78 is 9.88. The van der Waals surface area contributed by atoms with Gasteiger partial charge in [0.2, 0.25) is 0 Å². The molecule has 1 N–H and O–H groups in total. The predicted octanol–water partition coefficient (Wildman–Crippen LogP) is 2.78. The van der Waals surface area contributed by atoms with Gasteiger partial charge >= 0.3 is 5.97 Å². The predicted molar refractivity (Wildman–Crippen MR) is 91.4 cm³/mol. The molecule has 1 aromatic heterocycles. The highest BCUT2D eigenvalue weighted by atomic mass is 16.5. The summed E-state index contributed by atoms with van der Waals surface area (Å²) in [6, 6.07) is 10.4. The first-order valence-corrected chi connectivity index (χ1v) is 8.19. The first kappa shape index (κ1) is 18.4. The Morgan fingerprint density at radius 3 is 2.52 bits per heavy atom. The number of ketones is 1. The molecule has 0 aliphatic heterocycles. The van der Waals surface area contributed by atoms with Gasteiger partial charge in [-0.3, -0.25) is 14.4 Å². The van der Waals surface area contributed by atoms with Crippen molar-refractivity contribution >= 4 is 17.7 Å². The van der Waals surface area contributed by atoms with Crippen molar-refractivity contribution in [1.82, 2.24) is 5.32 Å². The second-order valence-electron chi connectivity index (χ2n) is 5.51. The van der Waals surface area contributed by atoms with Crippen LogP contribution in [0.2, 0.25) is 0 Å². The largest absolute Gasteiger partial charge is 0.459 e. The van der Waals surface area contributed by atoms with Crippen molar-refractivity contribution in [2.24, 2.45) is 0 Å². The maximum absolute atomic E-state index is 12.0. The Bertz CT molecular complexity index is 704. The number of amides is 1. The highest BCUT2D eigenvalue weighted by Gasteiger charge is 2.12. The molecule has 0 saturated heterocycles. The van der Waals surface area contributed by atoms with Crippen molar-refractivity contribution in [2.45, 2.75) is 26.2 Å². The summed E-state index contributed by atoms with van der Waals surface area (Å²) in [5.41, 5.74) is 1.68. The molecule has 0 spiro atoms. The molecule has 0 unspecified atom stereocenters. The highest BCUT2D eigenvalue weighted by molar-refractivity contribution is 5.98. The lowest BCUT2D eigenvalue weighted by molar-refractivity contribution is -0.142. The molecule has 6 heteroatoms. The lowest BCUT2D eigenvalue weighted by Crippen LogP contribution is -2.26. The average molecular weight is 343 g/mol. The topological polar surface area (TPSA) is 85.6 Å². The van der Waals surface area contributed by atoms with E-state index in [4.69, 9.17) is 9.15 Å². The number of carbonyl (C=O) groups is 3. The second kappa shape index (κ2) is 9.42. The highest BCUT2D eigenvalue weighted by Crippen LogP contribution is 2.08. The second-order valence-corrected chi connectivity index (χ2v) is 5.51. The third kappa shape index (κ3) is 5.91. The van der Waals surface area contributed by atoms with Crippen molar-refractivity contribution in [1.29, 1.82) is 0 Å². The molecule has 1 heterocycles. The van der Waals surface area contributed by atoms with Crippen LogP contribution in [-0.4, -0.2) is 30.8 Å². The fraction of sp³-hybridized carbons (Fsp3) is 0.316. The Hall–Kier alpha value is -2.89. The molecular weight excluding hydrogens is 322 g/mol. The van der Waals surface area contributed by atoms with Crippen LogP contribution in [0.5, 0.6) is 0 Å². The number of Topliss-reactive ketones (excluding diaryl/α,β-unsaturated/α-hetero) is 1. The van der Waals surface area contributed by atoms with Crippen molar-refractivity contribution in [3.05, 3.63) is 59.5 Å². The number of benzene rings is 1. The maximum atomic E-state index is 12.0. The summed E-state index contributed by atoms with van der Waals surface area (Å²) >= 11 is 0. The monoisotopic (exact) mass is 343 g/mol. The van der Waals surface area contributed by atoms with Crippen LogP contribution in [0.1, 0.15) is 46.2 Å². The molecule has 0 radical (unpaired) electrons. The van der Waals surface area contributed by atoms with E-state index < -0.39 is 11.9 Å². The van der Waals surface area contributed by atoms with Gasteiger partial charge in [-0.15, -0.1) is 0 Å². The number of hydrogen-bond donors (Lipinski definition) is 1. The zero-order valence-corrected chi connectivity index (χ0v) is 14.1. The summed E-state index contributed by atoms with van der Waals surface area (Å²) in [7, 11) is 0. The van der Waals surface area contributed by atoms with Gasteiger partial charge < -0.3 is 14.5 Å². The number of nitrogens with one attached hydrogen (secondary N) is 1. The van der Waals surface area contributed by atoms with Gasteiger partial charge in [0.25, 0.3) is 5.91 Å². The molecule has 0 aliphatic rings. The van der Waals surface area contributed by atoms with Gasteiger partial charge in [-0.1, -0.05) is 37.6 Å². The molecule has 2 rings (SSSR count). The molecule has 0 fully saturated rings. The van der Waals surface area contributed by atoms with E-state index in [1.807, 2.05) is 12.1 Å². The molecule has 0 bridgehead atoms. The Kier molecular flexibility index (Phi) is 6.95. The van der Waals surface area contributed by atoms with Crippen LogP contribution >= 0.6 is 0 Å². The van der Waals surface area contributed by atoms with E-state index >= 15 is 0 Å². The Morgan fingerprint density at radius 1 is 1.12 bits per heavy atom. The number of carbonyl (C=O) groups excluding carboxylic acids is 3. The minimum absolute atomic E-state index is 0.0187. The van der Waals surface area contributed by atoms with Gasteiger partial charge in [-0.2, -0.15) is 0 Å². The maximum Gasteiger partial charge on any atom is 0.308 e. The van der Waals surface area contributed by atoms with Crippen molar-refractivity contribution in [3.63, 3.8) is 0 Å². The van der Waals surface area contributed by atoms with Crippen molar-refractivity contribution < 1.29 is 23.5 Å². The number of rotatable bonds is 9. The van der Waals surface area contributed by atoms with E-state index in [9.17, 15) is 14.4 Å². The summed E-state index contributed by atoms with van der Waals surface area (Å²) in [4.78, 5) is 35.2. The quantitative estimate of drug-likeness (QED) is 0.559. The smallest absolute Gasteiger partial charge is 0.308 e. The number of hydrogen-bond acceptors (Lipinski definition) is 5. The van der Waals surface area contributed by atoms with E-state index in [1.54, 1.807) is 18.2 Å². The normalized spacial score (nSPS) is 10.3. The molecule has 2 aromatic rings. The van der Waals surface area contributed by atoms with E-state index in [0.29, 0.717) is 5.56 Å². The molecule has 0 aliphatic carbocycles. The van der Waals surface area contributed by atoms with Crippen molar-refractivity contribution in [3.8, 4) is 0 Å². The van der Waals surface area contributed by atoms with Gasteiger partial charge in [0.15, 0.2) is 18.2 Å². The summed E-state index contributed by atoms with van der Waals surface area (Å²) in [5.74, 6) is -1.03. The molecule has 25 heavy (non-hydrogen) atoms. The molecule has 132 valence electrons. The van der Waals surface area contributed by atoms with Gasteiger partial charge in [0, 0.05) is 12.1 Å². The number of esters is 1. The van der Waals surface area contributed by atoms with E-state index in [0.717, 1.165) is 12.8 Å². The van der Waals surface area contributed by atoms with Crippen LogP contribution in [-0.2, 0) is 16.0 Å². The van der Waals surface area contributed by atoms with Gasteiger partial charge in [-0.05, 0) is 24.1 Å². The minimum atomic E-state index is -0.546. The van der Waals surface area contributed by atoms with Crippen LogP contribution in [0.25, 0.3) is 0 Å². The standard InChI is InChI=1S/C19H21NO5/c1-2-4-14-6-8-15(9-7-14)16(21)13-25-18(22)10-11-20-19(23)17-5-3-12-24-17/h3,5-9,12H,2,4,10-11,13H2,1H3,(H,20,23). The number of aryl methyl sites for hydroxylation is 1. The SMILES string of the molecule is CCCc1ccc(C(=O)COC(=O)CCNC(=O)c2ccco2)cc1. The third-order valence-corrected chi connectivity index (χ3v) is 3.54. The van der Waals surface area contributed by atoms with E-state index in [1.165, 1.54) is 17.9 Å². The molecular formula is C19H21NO5. The van der Waals surface area contributed by atoms with Gasteiger partial charge in [0.1, 0.15) is 0 Å². The fourth-order valence-electron chi connectivity index (χ4n) is 2.22. The van der Waals surface area contributed by atoms with Crippen LogP contribution < -0.4 is 5.32 Å². The fourth-order valence-corrected chi connectivity index (χ4v) is 2.22. The van der Waals surface area contributed by atoms with Crippen LogP contribution in [0, 0.1) is 0 Å². The van der Waals surface area contributed by atoms with E-state index in [2.05, 4.69) is 12.2 Å². The Morgan fingerprint density at radius 2 is 1.88 bits per heavy atom. The molecule has 0 saturated carbocycles. The number of ether oxygens (including phenoxy) is 1. The van der Waals surface area contributed by atoms with Crippen molar-refractivity contribution in [2.75, 3.05) is 13.2 Å². The van der Waals surface area contributed by atoms with Crippen LogP contribution in [0.4, 0.5) is 0 Å². The molecule has 1 amide bonds. The average Bonchev–Trinajstić information content (AvgIpc) is 3.15. The lowest BCUT2D eigenvalue weighted by Gasteiger charge is -2.06. The zero-order valence-electron chi connectivity index (χ0n) is 14.1. The Balaban J connectivity index is 1.68. The Labute approximate surface area is 146 Å². The number of furan rings is 1. The molecule has 6 nitrogen and oxygen atoms in total. The summed E-state index contributed by atoms with van der Waals surface area (Å²) in [6.07, 6.45) is 3.38. The first-order valence-electron chi connectivity index (χ1n) is 8.19. The third-order valence-electron chi connectivity index (χ3n) is 3.54. The van der Waals surface area contributed by atoms with Crippen LogP contribution in [0.3, 0.4) is 0 Å². The summed E-state index contributed by atoms with van der Waals surface area (Å²) in [5, 5.41) is 2.54. The minimum Gasteiger partial charge on any atom is -0.459 e. The molecule has 0 atom stereocenters. The van der Waals surface area contributed by atoms with E-state index in [-0.39, 0.29) is 31.1 Å². The molecule has 1 aromatic carbocycles. The van der Waals surface area contributed by atoms with Crippen LogP contribution in [0.15, 0.2) is 47.1 Å². The summed E-state index contributed by atoms with van der Waals surface area (Å²) in [6.45, 7) is 1.89. The zero-order chi connectivity index (χ0) is 18.1. The lowest BCUT2D eigenvalue weighted by atomic mass is 10.1. The van der Waals surface area contributed by atoms with Gasteiger partial charge in [0.05, 0.1) is 12.7 Å².